The van der Waals surface area contributed by atoms with E-state index >= 15 is 0 Å². The molecule has 2 N–H and O–H groups in total. The number of aromatic nitrogens is 2. The second kappa shape index (κ2) is 8.28. The Morgan fingerprint density at radius 1 is 1.10 bits per heavy atom. The molecule has 0 unspecified atom stereocenters. The zero-order chi connectivity index (χ0) is 21.3. The molecule has 0 radical (unpaired) electrons. The molecule has 3 aromatic rings. The summed E-state index contributed by atoms with van der Waals surface area (Å²) < 4.78 is 5.41. The van der Waals surface area contributed by atoms with Gasteiger partial charge in [-0.25, -0.2) is 4.98 Å². The van der Waals surface area contributed by atoms with Gasteiger partial charge >= 0.3 is 5.97 Å². The molecule has 0 bridgehead atoms. The number of aliphatic hydroxyl groups is 1. The number of imidazole rings is 1. The van der Waals surface area contributed by atoms with E-state index in [2.05, 4.69) is 67.4 Å². The number of carbonyl (C=O) groups is 1. The van der Waals surface area contributed by atoms with E-state index in [0.717, 1.165) is 27.7 Å². The topological polar surface area (TPSA) is 75.2 Å². The predicted octanol–water partition coefficient (Wildman–Crippen LogP) is 4.91. The van der Waals surface area contributed by atoms with Crippen molar-refractivity contribution in [1.82, 2.24) is 9.97 Å². The van der Waals surface area contributed by atoms with E-state index in [-0.39, 0.29) is 18.5 Å². The lowest BCUT2D eigenvalue weighted by Gasteiger charge is -2.32. The third-order valence-electron chi connectivity index (χ3n) is 5.24. The maximum Gasteiger partial charge on any atom is 0.309 e. The van der Waals surface area contributed by atoms with Crippen molar-refractivity contribution >= 4 is 17.7 Å². The Morgan fingerprint density at radius 2 is 1.70 bits per heavy atom. The summed E-state index contributed by atoms with van der Waals surface area (Å²) in [5.41, 5.74) is 5.38. The molecular formula is C24H26N2O3S. The normalized spacial score (nSPS) is 21.5. The number of carbonyl (C=O) groups excluding carboxylic acids is 1. The minimum Gasteiger partial charge on any atom is -0.461 e. The summed E-state index contributed by atoms with van der Waals surface area (Å²) in [6.45, 7) is 5.82. The first-order valence-electron chi connectivity index (χ1n) is 10.1. The molecule has 0 amide bonds. The minimum atomic E-state index is -1.01. The minimum absolute atomic E-state index is 0.0457. The number of cyclic esters (lactones) is 1. The van der Waals surface area contributed by atoms with Gasteiger partial charge in [-0.05, 0) is 20.8 Å². The van der Waals surface area contributed by atoms with E-state index in [1.54, 1.807) is 6.92 Å². The number of esters is 1. The molecule has 2 atom stereocenters. The number of hydrogen-bond donors (Lipinski definition) is 2. The lowest BCUT2D eigenvalue weighted by molar-refractivity contribution is -0.165. The van der Waals surface area contributed by atoms with Crippen LogP contribution < -0.4 is 0 Å². The summed E-state index contributed by atoms with van der Waals surface area (Å²) in [4.78, 5) is 20.1. The van der Waals surface area contributed by atoms with E-state index in [4.69, 9.17) is 9.72 Å². The Hall–Kier alpha value is -2.57. The van der Waals surface area contributed by atoms with Crippen molar-refractivity contribution in [1.29, 1.82) is 0 Å². The van der Waals surface area contributed by atoms with E-state index in [1.165, 1.54) is 22.9 Å². The van der Waals surface area contributed by atoms with Crippen LogP contribution in [0, 0.1) is 13.8 Å². The van der Waals surface area contributed by atoms with Crippen LogP contribution in [-0.4, -0.2) is 38.5 Å². The van der Waals surface area contributed by atoms with Gasteiger partial charge in [0.25, 0.3) is 0 Å². The van der Waals surface area contributed by atoms with Crippen LogP contribution in [0.4, 0.5) is 0 Å². The maximum atomic E-state index is 11.8. The van der Waals surface area contributed by atoms with Crippen LogP contribution in [0.3, 0.4) is 0 Å². The number of aryl methyl sites for hydroxylation is 2. The van der Waals surface area contributed by atoms with Crippen molar-refractivity contribution in [2.75, 3.05) is 5.75 Å². The highest BCUT2D eigenvalue weighted by atomic mass is 32.2. The molecule has 1 aliphatic rings. The zero-order valence-electron chi connectivity index (χ0n) is 17.4. The molecule has 156 valence electrons. The Balaban J connectivity index is 1.61. The van der Waals surface area contributed by atoms with Crippen LogP contribution in [-0.2, 0) is 9.53 Å². The van der Waals surface area contributed by atoms with Gasteiger partial charge in [0.15, 0.2) is 5.16 Å². The quantitative estimate of drug-likeness (QED) is 0.451. The van der Waals surface area contributed by atoms with Gasteiger partial charge in [-0.1, -0.05) is 71.4 Å². The highest BCUT2D eigenvalue weighted by molar-refractivity contribution is 7.99. The van der Waals surface area contributed by atoms with Crippen LogP contribution in [0.5, 0.6) is 0 Å². The molecule has 1 aliphatic heterocycles. The van der Waals surface area contributed by atoms with Crippen LogP contribution in [0.2, 0.25) is 0 Å². The van der Waals surface area contributed by atoms with Gasteiger partial charge in [0, 0.05) is 23.3 Å². The standard InChI is InChI=1S/C24H26N2O3S/c1-15-4-8-17(9-5-15)21-22(18-10-6-16(2)7-11-18)26-23(25-21)30-14-19-12-24(3,28)13-20(27)29-19/h4-11,19,28H,12-14H2,1-3H3,(H,25,26)/t19-,24-/m0/s1. The average Bonchev–Trinajstić information content (AvgIpc) is 3.10. The second-order valence-corrected chi connectivity index (χ2v) is 9.31. The number of ether oxygens (including phenoxy) is 1. The second-order valence-electron chi connectivity index (χ2n) is 8.30. The highest BCUT2D eigenvalue weighted by Gasteiger charge is 2.36. The predicted molar refractivity (Wildman–Crippen MR) is 119 cm³/mol. The van der Waals surface area contributed by atoms with Crippen molar-refractivity contribution in [2.45, 2.75) is 50.5 Å². The molecule has 2 aromatic carbocycles. The van der Waals surface area contributed by atoms with Gasteiger partial charge in [-0.15, -0.1) is 0 Å². The Labute approximate surface area is 180 Å². The molecule has 1 aromatic heterocycles. The average molecular weight is 423 g/mol. The number of thioether (sulfide) groups is 1. The van der Waals surface area contributed by atoms with Crippen molar-refractivity contribution in [3.63, 3.8) is 0 Å². The smallest absolute Gasteiger partial charge is 0.309 e. The molecular weight excluding hydrogens is 396 g/mol. The first kappa shape index (κ1) is 20.7. The van der Waals surface area contributed by atoms with Gasteiger partial charge in [0.05, 0.1) is 23.4 Å². The molecule has 0 spiro atoms. The Kier molecular flexibility index (Phi) is 5.71. The number of nitrogens with one attached hydrogen (secondary N) is 1. The van der Waals surface area contributed by atoms with Gasteiger partial charge in [0.1, 0.15) is 6.10 Å². The molecule has 2 heterocycles. The Bertz CT molecular complexity index is 976. The number of H-pyrrole nitrogens is 1. The van der Waals surface area contributed by atoms with Gasteiger partial charge in [0.2, 0.25) is 0 Å². The summed E-state index contributed by atoms with van der Waals surface area (Å²) >= 11 is 1.51. The van der Waals surface area contributed by atoms with Crippen molar-refractivity contribution in [2.24, 2.45) is 0 Å². The molecule has 0 aliphatic carbocycles. The molecule has 6 heteroatoms. The SMILES string of the molecule is Cc1ccc(-c2nc(SC[C@@H]3C[C@](C)(O)CC(=O)O3)[nH]c2-c2ccc(C)cc2)cc1. The summed E-state index contributed by atoms with van der Waals surface area (Å²) in [5, 5.41) is 11.0. The molecule has 30 heavy (non-hydrogen) atoms. The molecule has 5 nitrogen and oxygen atoms in total. The van der Waals surface area contributed by atoms with E-state index < -0.39 is 5.60 Å². The van der Waals surface area contributed by atoms with Crippen molar-refractivity contribution < 1.29 is 14.6 Å². The van der Waals surface area contributed by atoms with Crippen molar-refractivity contribution in [3.8, 4) is 22.5 Å². The van der Waals surface area contributed by atoms with Gasteiger partial charge in [-0.2, -0.15) is 0 Å². The Morgan fingerprint density at radius 3 is 2.30 bits per heavy atom. The summed E-state index contributed by atoms with van der Waals surface area (Å²) in [5.74, 6) is 0.188. The fourth-order valence-electron chi connectivity index (χ4n) is 3.68. The molecule has 0 saturated carbocycles. The third-order valence-corrected chi connectivity index (χ3v) is 6.25. The van der Waals surface area contributed by atoms with Crippen LogP contribution >= 0.6 is 11.8 Å². The number of rotatable bonds is 5. The fourth-order valence-corrected chi connectivity index (χ4v) is 4.54. The first-order valence-corrected chi connectivity index (χ1v) is 11.1. The lowest BCUT2D eigenvalue weighted by atomic mass is 9.93. The molecule has 1 fully saturated rings. The number of aromatic amines is 1. The summed E-state index contributed by atoms with van der Waals surface area (Å²) in [6.07, 6.45) is 0.147. The first-order chi connectivity index (χ1) is 14.3. The highest BCUT2D eigenvalue weighted by Crippen LogP contribution is 2.34. The monoisotopic (exact) mass is 422 g/mol. The lowest BCUT2D eigenvalue weighted by Crippen LogP contribution is -2.41. The number of nitrogens with zero attached hydrogens (tertiary/aromatic N) is 1. The van der Waals surface area contributed by atoms with Crippen LogP contribution in [0.25, 0.3) is 22.5 Å². The van der Waals surface area contributed by atoms with E-state index in [1.807, 2.05) is 0 Å². The zero-order valence-corrected chi connectivity index (χ0v) is 18.3. The number of benzene rings is 2. The van der Waals surface area contributed by atoms with E-state index in [9.17, 15) is 9.90 Å². The van der Waals surface area contributed by atoms with Gasteiger partial charge < -0.3 is 14.8 Å². The largest absolute Gasteiger partial charge is 0.461 e. The fraction of sp³-hybridized carbons (Fsp3) is 0.333. The molecule has 1 saturated heterocycles. The van der Waals surface area contributed by atoms with Crippen LogP contribution in [0.15, 0.2) is 53.7 Å². The number of hydrogen-bond acceptors (Lipinski definition) is 5. The molecule has 4 rings (SSSR count). The van der Waals surface area contributed by atoms with Crippen molar-refractivity contribution in [3.05, 3.63) is 59.7 Å². The van der Waals surface area contributed by atoms with Crippen LogP contribution in [0.1, 0.15) is 30.9 Å². The summed E-state index contributed by atoms with van der Waals surface area (Å²) in [6, 6.07) is 16.7. The van der Waals surface area contributed by atoms with Gasteiger partial charge in [-0.3, -0.25) is 4.79 Å². The summed E-state index contributed by atoms with van der Waals surface area (Å²) in [7, 11) is 0. The third kappa shape index (κ3) is 4.77. The van der Waals surface area contributed by atoms with E-state index in [0.29, 0.717) is 12.2 Å². The maximum absolute atomic E-state index is 11.8.